The number of aliphatic hydroxyl groups excluding tert-OH is 1. The number of aromatic nitrogens is 1. The smallest absolute Gasteiger partial charge is 0.137 e. The van der Waals surface area contributed by atoms with Gasteiger partial charge in [0.15, 0.2) is 0 Å². The molecule has 0 radical (unpaired) electrons. The molecule has 0 fully saturated rings. The average Bonchev–Trinajstić information content (AvgIpc) is 2.25. The van der Waals surface area contributed by atoms with Crippen molar-refractivity contribution in [3.05, 3.63) is 22.9 Å². The van der Waals surface area contributed by atoms with Crippen LogP contribution in [0.25, 0.3) is 0 Å². The number of aliphatic hydroxyl groups is 1. The highest BCUT2D eigenvalue weighted by Crippen LogP contribution is 2.12. The van der Waals surface area contributed by atoms with E-state index in [0.29, 0.717) is 5.75 Å². The molecule has 5 heteroatoms. The highest BCUT2D eigenvalue weighted by molar-refractivity contribution is 9.10. The van der Waals surface area contributed by atoms with Gasteiger partial charge < -0.3 is 14.6 Å². The molecule has 0 bridgehead atoms. The van der Waals surface area contributed by atoms with Crippen molar-refractivity contribution in [2.45, 2.75) is 26.1 Å². The Morgan fingerprint density at radius 2 is 2.12 bits per heavy atom. The average molecular weight is 290 g/mol. The molecule has 90 valence electrons. The number of halogens is 1. The minimum atomic E-state index is -0.619. The maximum absolute atomic E-state index is 9.53. The Morgan fingerprint density at radius 1 is 1.38 bits per heavy atom. The molecular formula is C11H16BrNO3. The fourth-order valence-electron chi connectivity index (χ4n) is 0.992. The van der Waals surface area contributed by atoms with Crippen molar-refractivity contribution in [2.24, 2.45) is 0 Å². The van der Waals surface area contributed by atoms with E-state index in [-0.39, 0.29) is 19.3 Å². The quantitative estimate of drug-likeness (QED) is 0.814. The molecule has 0 aliphatic heterocycles. The molecule has 0 saturated carbocycles. The van der Waals surface area contributed by atoms with Crippen LogP contribution in [0.3, 0.4) is 0 Å². The third kappa shape index (κ3) is 5.44. The summed E-state index contributed by atoms with van der Waals surface area (Å²) in [7, 11) is 0. The number of ether oxygens (including phenoxy) is 2. The SMILES string of the molecule is CC(C)OCC(O)COc1ccc(Br)nc1. The zero-order valence-electron chi connectivity index (χ0n) is 9.39. The lowest BCUT2D eigenvalue weighted by molar-refractivity contribution is -0.0123. The van der Waals surface area contributed by atoms with Crippen molar-refractivity contribution < 1.29 is 14.6 Å². The van der Waals surface area contributed by atoms with E-state index >= 15 is 0 Å². The molecule has 1 heterocycles. The van der Waals surface area contributed by atoms with E-state index in [0.717, 1.165) is 4.60 Å². The highest BCUT2D eigenvalue weighted by Gasteiger charge is 2.06. The minimum Gasteiger partial charge on any atom is -0.489 e. The molecule has 16 heavy (non-hydrogen) atoms. The molecule has 0 spiro atoms. The first-order valence-electron chi connectivity index (χ1n) is 5.12. The summed E-state index contributed by atoms with van der Waals surface area (Å²) in [5, 5.41) is 9.53. The standard InChI is InChI=1S/C11H16BrNO3/c1-8(2)15-6-9(14)7-16-10-3-4-11(12)13-5-10/h3-5,8-9,14H,6-7H2,1-2H3. The van der Waals surface area contributed by atoms with Crippen LogP contribution in [0.1, 0.15) is 13.8 Å². The third-order valence-electron chi connectivity index (χ3n) is 1.76. The zero-order chi connectivity index (χ0) is 12.0. The van der Waals surface area contributed by atoms with Crippen LogP contribution in [-0.2, 0) is 4.74 Å². The molecule has 0 aromatic carbocycles. The summed E-state index contributed by atoms with van der Waals surface area (Å²) in [5.41, 5.74) is 0. The first-order chi connectivity index (χ1) is 7.58. The van der Waals surface area contributed by atoms with Gasteiger partial charge >= 0.3 is 0 Å². The van der Waals surface area contributed by atoms with Gasteiger partial charge in [0, 0.05) is 0 Å². The van der Waals surface area contributed by atoms with Crippen molar-refractivity contribution >= 4 is 15.9 Å². The molecule has 1 aromatic heterocycles. The number of pyridine rings is 1. The zero-order valence-corrected chi connectivity index (χ0v) is 11.0. The van der Waals surface area contributed by atoms with E-state index in [2.05, 4.69) is 20.9 Å². The van der Waals surface area contributed by atoms with Crippen LogP contribution in [0.2, 0.25) is 0 Å². The Morgan fingerprint density at radius 3 is 2.69 bits per heavy atom. The van der Waals surface area contributed by atoms with Crippen molar-refractivity contribution in [3.8, 4) is 5.75 Å². The molecule has 0 saturated heterocycles. The van der Waals surface area contributed by atoms with E-state index in [1.807, 2.05) is 13.8 Å². The maximum atomic E-state index is 9.53. The summed E-state index contributed by atoms with van der Waals surface area (Å²) in [4.78, 5) is 4.01. The topological polar surface area (TPSA) is 51.6 Å². The largest absolute Gasteiger partial charge is 0.489 e. The van der Waals surface area contributed by atoms with Gasteiger partial charge in [0.05, 0.1) is 18.9 Å². The monoisotopic (exact) mass is 289 g/mol. The molecule has 1 N–H and O–H groups in total. The Balaban J connectivity index is 2.26. The number of hydrogen-bond acceptors (Lipinski definition) is 4. The van der Waals surface area contributed by atoms with Gasteiger partial charge in [0.25, 0.3) is 0 Å². The summed E-state index contributed by atoms with van der Waals surface area (Å²) in [6.45, 7) is 4.33. The Bertz CT molecular complexity index is 303. The van der Waals surface area contributed by atoms with Crippen LogP contribution >= 0.6 is 15.9 Å². The lowest BCUT2D eigenvalue weighted by Crippen LogP contribution is -2.25. The summed E-state index contributed by atoms with van der Waals surface area (Å²) in [5.74, 6) is 0.631. The van der Waals surface area contributed by atoms with Gasteiger partial charge in [-0.15, -0.1) is 0 Å². The summed E-state index contributed by atoms with van der Waals surface area (Å²) in [6, 6.07) is 3.57. The molecule has 0 amide bonds. The van der Waals surface area contributed by atoms with Crippen LogP contribution in [0.5, 0.6) is 5.75 Å². The Hall–Kier alpha value is -0.650. The number of nitrogens with zero attached hydrogens (tertiary/aromatic N) is 1. The number of rotatable bonds is 6. The van der Waals surface area contributed by atoms with E-state index in [9.17, 15) is 5.11 Å². The predicted molar refractivity (Wildman–Crippen MR) is 64.5 cm³/mol. The highest BCUT2D eigenvalue weighted by atomic mass is 79.9. The lowest BCUT2D eigenvalue weighted by Gasteiger charge is -2.14. The van der Waals surface area contributed by atoms with Crippen molar-refractivity contribution in [1.82, 2.24) is 4.98 Å². The molecular weight excluding hydrogens is 274 g/mol. The van der Waals surface area contributed by atoms with Crippen molar-refractivity contribution in [1.29, 1.82) is 0 Å². The molecule has 1 rings (SSSR count). The summed E-state index contributed by atoms with van der Waals surface area (Å²) < 4.78 is 11.4. The maximum Gasteiger partial charge on any atom is 0.137 e. The van der Waals surface area contributed by atoms with Crippen LogP contribution < -0.4 is 4.74 Å². The third-order valence-corrected chi connectivity index (χ3v) is 2.23. The van der Waals surface area contributed by atoms with E-state index in [1.165, 1.54) is 0 Å². The first-order valence-corrected chi connectivity index (χ1v) is 5.91. The van der Waals surface area contributed by atoms with E-state index < -0.39 is 6.10 Å². The Kier molecular flexibility index (Phi) is 5.73. The lowest BCUT2D eigenvalue weighted by atomic mass is 10.4. The van der Waals surface area contributed by atoms with Gasteiger partial charge in [0.2, 0.25) is 0 Å². The second kappa shape index (κ2) is 6.83. The molecule has 1 unspecified atom stereocenters. The van der Waals surface area contributed by atoms with E-state index in [4.69, 9.17) is 9.47 Å². The molecule has 1 aromatic rings. The first kappa shape index (κ1) is 13.4. The van der Waals surface area contributed by atoms with Crippen LogP contribution in [0.4, 0.5) is 0 Å². The fourth-order valence-corrected chi connectivity index (χ4v) is 1.23. The minimum absolute atomic E-state index is 0.115. The van der Waals surface area contributed by atoms with Crippen LogP contribution in [0, 0.1) is 0 Å². The van der Waals surface area contributed by atoms with Crippen LogP contribution in [0.15, 0.2) is 22.9 Å². The van der Waals surface area contributed by atoms with Crippen LogP contribution in [-0.4, -0.2) is 35.5 Å². The molecule has 1 atom stereocenters. The fraction of sp³-hybridized carbons (Fsp3) is 0.545. The normalized spacial score (nSPS) is 12.8. The summed E-state index contributed by atoms with van der Waals surface area (Å²) in [6.07, 6.45) is 1.09. The number of hydrogen-bond donors (Lipinski definition) is 1. The molecule has 4 nitrogen and oxygen atoms in total. The van der Waals surface area contributed by atoms with Gasteiger partial charge in [-0.25, -0.2) is 4.98 Å². The van der Waals surface area contributed by atoms with Gasteiger partial charge in [-0.3, -0.25) is 0 Å². The van der Waals surface area contributed by atoms with Gasteiger partial charge in [-0.2, -0.15) is 0 Å². The van der Waals surface area contributed by atoms with E-state index in [1.54, 1.807) is 18.3 Å². The Labute approximate surface area is 104 Å². The summed E-state index contributed by atoms with van der Waals surface area (Å²) >= 11 is 3.23. The van der Waals surface area contributed by atoms with Crippen molar-refractivity contribution in [2.75, 3.05) is 13.2 Å². The second-order valence-electron chi connectivity index (χ2n) is 3.66. The van der Waals surface area contributed by atoms with Gasteiger partial charge in [0.1, 0.15) is 23.1 Å². The molecule has 0 aliphatic rings. The molecule has 0 aliphatic carbocycles. The second-order valence-corrected chi connectivity index (χ2v) is 4.48. The van der Waals surface area contributed by atoms with Crippen molar-refractivity contribution in [3.63, 3.8) is 0 Å². The predicted octanol–water partition coefficient (Wildman–Crippen LogP) is 2.01. The van der Waals surface area contributed by atoms with Gasteiger partial charge in [-0.05, 0) is 41.9 Å². The van der Waals surface area contributed by atoms with Gasteiger partial charge in [-0.1, -0.05) is 0 Å².